The van der Waals surface area contributed by atoms with Crippen LogP contribution in [0.3, 0.4) is 0 Å². The monoisotopic (exact) mass is 297 g/mol. The molecule has 22 heavy (non-hydrogen) atoms. The number of aromatic nitrogens is 1. The van der Waals surface area contributed by atoms with Gasteiger partial charge in [0.25, 0.3) is 0 Å². The number of pyridine rings is 1. The molecule has 0 aliphatic rings. The van der Waals surface area contributed by atoms with Gasteiger partial charge in [-0.15, -0.1) is 0 Å². The number of nitrogens with zero attached hydrogens (tertiary/aromatic N) is 2. The van der Waals surface area contributed by atoms with E-state index in [1.807, 2.05) is 12.1 Å². The zero-order chi connectivity index (χ0) is 16.3. The Morgan fingerprint density at radius 2 is 2.00 bits per heavy atom. The highest BCUT2D eigenvalue weighted by Crippen LogP contribution is 2.33. The number of nitrogen functional groups attached to an aromatic ring is 1. The summed E-state index contributed by atoms with van der Waals surface area (Å²) in [5.41, 5.74) is 10.7. The van der Waals surface area contributed by atoms with Gasteiger partial charge in [-0.05, 0) is 32.3 Å². The number of hydrogen-bond acceptors (Lipinski definition) is 3. The van der Waals surface area contributed by atoms with E-state index < -0.39 is 0 Å². The second-order valence-electron chi connectivity index (χ2n) is 6.36. The van der Waals surface area contributed by atoms with Crippen LogP contribution in [-0.2, 0) is 0 Å². The predicted octanol–water partition coefficient (Wildman–Crippen LogP) is 4.90. The SMILES string of the molecule is CC/C(C)=C/N(CC(C)C)c1c(C)c(N)nc2ccccc12. The number of anilines is 2. The lowest BCUT2D eigenvalue weighted by molar-refractivity contribution is 0.647. The fourth-order valence-corrected chi connectivity index (χ4v) is 2.64. The largest absolute Gasteiger partial charge is 0.383 e. The second kappa shape index (κ2) is 6.82. The van der Waals surface area contributed by atoms with E-state index in [1.165, 1.54) is 11.3 Å². The topological polar surface area (TPSA) is 42.1 Å². The van der Waals surface area contributed by atoms with Gasteiger partial charge in [0.1, 0.15) is 5.82 Å². The first-order valence-electron chi connectivity index (χ1n) is 8.02. The molecule has 0 unspecified atom stereocenters. The van der Waals surface area contributed by atoms with Crippen LogP contribution in [0.2, 0.25) is 0 Å². The van der Waals surface area contributed by atoms with Gasteiger partial charge in [0.2, 0.25) is 0 Å². The molecule has 2 N–H and O–H groups in total. The number of fused-ring (bicyclic) bond motifs is 1. The Bertz CT molecular complexity index is 686. The molecule has 3 nitrogen and oxygen atoms in total. The Morgan fingerprint density at radius 3 is 2.64 bits per heavy atom. The number of hydrogen-bond donors (Lipinski definition) is 1. The smallest absolute Gasteiger partial charge is 0.129 e. The highest BCUT2D eigenvalue weighted by Gasteiger charge is 2.16. The van der Waals surface area contributed by atoms with Crippen molar-refractivity contribution in [1.29, 1.82) is 0 Å². The number of benzene rings is 1. The lowest BCUT2D eigenvalue weighted by Gasteiger charge is -2.27. The normalized spacial score (nSPS) is 12.2. The van der Waals surface area contributed by atoms with Crippen molar-refractivity contribution in [3.63, 3.8) is 0 Å². The molecular weight excluding hydrogens is 270 g/mol. The molecular formula is C19H27N3. The first-order chi connectivity index (χ1) is 10.4. The highest BCUT2D eigenvalue weighted by molar-refractivity contribution is 5.96. The molecule has 0 atom stereocenters. The van der Waals surface area contributed by atoms with Crippen LogP contribution < -0.4 is 10.6 Å². The van der Waals surface area contributed by atoms with Crippen LogP contribution in [-0.4, -0.2) is 11.5 Å². The fraction of sp³-hybridized carbons (Fsp3) is 0.421. The Balaban J connectivity index is 2.69. The first-order valence-corrected chi connectivity index (χ1v) is 8.02. The van der Waals surface area contributed by atoms with Crippen molar-refractivity contribution in [2.75, 3.05) is 17.2 Å². The van der Waals surface area contributed by atoms with Gasteiger partial charge < -0.3 is 10.6 Å². The summed E-state index contributed by atoms with van der Waals surface area (Å²) in [6.07, 6.45) is 3.31. The molecule has 0 spiro atoms. The Labute approximate surface area is 133 Å². The van der Waals surface area contributed by atoms with Gasteiger partial charge in [0, 0.05) is 23.7 Å². The van der Waals surface area contributed by atoms with Crippen molar-refractivity contribution in [1.82, 2.24) is 4.98 Å². The summed E-state index contributed by atoms with van der Waals surface area (Å²) in [6, 6.07) is 8.23. The number of nitrogens with two attached hydrogens (primary N) is 1. The van der Waals surface area contributed by atoms with E-state index in [1.54, 1.807) is 0 Å². The van der Waals surface area contributed by atoms with Gasteiger partial charge in [-0.2, -0.15) is 0 Å². The third-order valence-electron chi connectivity index (χ3n) is 3.92. The molecule has 0 fully saturated rings. The van der Waals surface area contributed by atoms with Gasteiger partial charge in [0.05, 0.1) is 11.2 Å². The van der Waals surface area contributed by atoms with Gasteiger partial charge in [-0.3, -0.25) is 0 Å². The van der Waals surface area contributed by atoms with Gasteiger partial charge in [-0.25, -0.2) is 4.98 Å². The van der Waals surface area contributed by atoms with Crippen LogP contribution in [0.4, 0.5) is 11.5 Å². The summed E-state index contributed by atoms with van der Waals surface area (Å²) in [5.74, 6) is 1.18. The quantitative estimate of drug-likeness (QED) is 0.853. The fourth-order valence-electron chi connectivity index (χ4n) is 2.64. The second-order valence-corrected chi connectivity index (χ2v) is 6.36. The average molecular weight is 297 g/mol. The molecule has 1 aromatic carbocycles. The third-order valence-corrected chi connectivity index (χ3v) is 3.92. The van der Waals surface area contributed by atoms with Crippen molar-refractivity contribution in [3.8, 4) is 0 Å². The number of rotatable bonds is 5. The maximum absolute atomic E-state index is 6.16. The Morgan fingerprint density at radius 1 is 1.32 bits per heavy atom. The van der Waals surface area contributed by atoms with Crippen LogP contribution in [0.25, 0.3) is 10.9 Å². The van der Waals surface area contributed by atoms with Crippen LogP contribution in [0.5, 0.6) is 0 Å². The summed E-state index contributed by atoms with van der Waals surface area (Å²) in [5, 5.41) is 1.16. The third kappa shape index (κ3) is 3.41. The minimum absolute atomic E-state index is 0.563. The molecule has 0 aliphatic heterocycles. The van der Waals surface area contributed by atoms with Crippen molar-refractivity contribution < 1.29 is 0 Å². The lowest BCUT2D eigenvalue weighted by atomic mass is 10.1. The molecule has 2 aromatic rings. The highest BCUT2D eigenvalue weighted by atomic mass is 15.1. The van der Waals surface area contributed by atoms with Crippen LogP contribution in [0, 0.1) is 12.8 Å². The van der Waals surface area contributed by atoms with E-state index in [4.69, 9.17) is 5.73 Å². The average Bonchev–Trinajstić information content (AvgIpc) is 2.47. The molecule has 0 saturated heterocycles. The summed E-state index contributed by atoms with van der Waals surface area (Å²) in [4.78, 5) is 6.87. The summed E-state index contributed by atoms with van der Waals surface area (Å²) < 4.78 is 0. The van der Waals surface area contributed by atoms with Crippen LogP contribution >= 0.6 is 0 Å². The summed E-state index contributed by atoms with van der Waals surface area (Å²) in [6.45, 7) is 11.9. The van der Waals surface area contributed by atoms with E-state index >= 15 is 0 Å². The molecule has 1 heterocycles. The first kappa shape index (κ1) is 16.3. The molecule has 0 saturated carbocycles. The number of allylic oxidation sites excluding steroid dienone is 1. The van der Waals surface area contributed by atoms with E-state index in [2.05, 4.69) is 62.8 Å². The molecule has 118 valence electrons. The predicted molar refractivity (Wildman–Crippen MR) is 97.1 cm³/mol. The lowest BCUT2D eigenvalue weighted by Crippen LogP contribution is -2.24. The van der Waals surface area contributed by atoms with Crippen molar-refractivity contribution in [2.45, 2.75) is 41.0 Å². The van der Waals surface area contributed by atoms with Gasteiger partial charge in [0.15, 0.2) is 0 Å². The molecule has 0 bridgehead atoms. The van der Waals surface area contributed by atoms with Gasteiger partial charge >= 0.3 is 0 Å². The molecule has 0 amide bonds. The summed E-state index contributed by atoms with van der Waals surface area (Å²) in [7, 11) is 0. The van der Waals surface area contributed by atoms with Crippen molar-refractivity contribution >= 4 is 22.4 Å². The molecule has 0 aliphatic carbocycles. The van der Waals surface area contributed by atoms with Crippen molar-refractivity contribution in [3.05, 3.63) is 41.6 Å². The van der Waals surface area contributed by atoms with E-state index in [9.17, 15) is 0 Å². The van der Waals surface area contributed by atoms with E-state index in [0.29, 0.717) is 11.7 Å². The standard InChI is InChI=1S/C19H27N3/c1-6-14(4)12-22(11-13(2)3)18-15(5)19(20)21-17-10-8-7-9-16(17)18/h7-10,12-13H,6,11H2,1-5H3,(H2,20,21)/b14-12+. The Hall–Kier alpha value is -2.03. The van der Waals surface area contributed by atoms with E-state index in [-0.39, 0.29) is 0 Å². The molecule has 2 rings (SSSR count). The van der Waals surface area contributed by atoms with Crippen molar-refractivity contribution in [2.24, 2.45) is 5.92 Å². The van der Waals surface area contributed by atoms with Gasteiger partial charge in [-0.1, -0.05) is 44.5 Å². The number of para-hydroxylation sites is 1. The maximum atomic E-state index is 6.16. The minimum Gasteiger partial charge on any atom is -0.383 e. The molecule has 0 radical (unpaired) electrons. The Kier molecular flexibility index (Phi) is 5.07. The van der Waals surface area contributed by atoms with E-state index in [0.717, 1.165) is 29.4 Å². The van der Waals surface area contributed by atoms with Crippen LogP contribution in [0.15, 0.2) is 36.0 Å². The van der Waals surface area contributed by atoms with Crippen LogP contribution in [0.1, 0.15) is 39.7 Å². The summed E-state index contributed by atoms with van der Waals surface area (Å²) >= 11 is 0. The minimum atomic E-state index is 0.563. The zero-order valence-electron chi connectivity index (χ0n) is 14.4. The maximum Gasteiger partial charge on any atom is 0.129 e. The molecule has 1 aromatic heterocycles. The zero-order valence-corrected chi connectivity index (χ0v) is 14.4. The molecule has 3 heteroatoms.